The van der Waals surface area contributed by atoms with Crippen LogP contribution in [0.1, 0.15) is 50.2 Å². The highest BCUT2D eigenvalue weighted by atomic mass is 32.1. The molecule has 1 heterocycles. The average molecular weight is 392 g/mol. The van der Waals surface area contributed by atoms with Crippen LogP contribution in [0.25, 0.3) is 0 Å². The topological polar surface area (TPSA) is 69.5 Å². The van der Waals surface area contributed by atoms with Crippen molar-refractivity contribution in [2.24, 2.45) is 10.4 Å². The van der Waals surface area contributed by atoms with Gasteiger partial charge in [0.15, 0.2) is 11.7 Å². The standard InChI is InChI=1S/C17H27F3N4OS/c1-3-21-15(23-11-16(2)8-5-4-6-13(16)25)22-9-7-14-24-12(10-26-14)17(18,19)20/h10,13,25H,3-9,11H2,1-2H3,(H2,21,22,23). The second-order valence-corrected chi connectivity index (χ2v) is 7.85. The van der Waals surface area contributed by atoms with Crippen molar-refractivity contribution in [2.45, 2.75) is 58.2 Å². The normalized spacial score (nSPS) is 24.5. The minimum Gasteiger partial charge on any atom is -0.392 e. The van der Waals surface area contributed by atoms with Gasteiger partial charge in [0.05, 0.1) is 17.7 Å². The number of guanidine groups is 1. The number of hydrogen-bond donors (Lipinski definition) is 3. The number of alkyl halides is 3. The minimum absolute atomic E-state index is 0.225. The molecule has 2 atom stereocenters. The van der Waals surface area contributed by atoms with Crippen LogP contribution in [-0.4, -0.2) is 41.8 Å². The SMILES string of the molecule is CCNC(=NCC1(C)CCCCC1O)NCCc1nc(C(F)(F)F)cs1. The van der Waals surface area contributed by atoms with Crippen LogP contribution in [-0.2, 0) is 12.6 Å². The van der Waals surface area contributed by atoms with Gasteiger partial charge in [-0.1, -0.05) is 19.8 Å². The molecule has 2 unspecified atom stereocenters. The number of rotatable bonds is 6. The van der Waals surface area contributed by atoms with E-state index in [0.29, 0.717) is 37.0 Å². The molecule has 0 saturated heterocycles. The summed E-state index contributed by atoms with van der Waals surface area (Å²) in [6.45, 7) is 5.64. The predicted octanol–water partition coefficient (Wildman–Crippen LogP) is 3.20. The summed E-state index contributed by atoms with van der Waals surface area (Å²) < 4.78 is 37.7. The molecule has 0 radical (unpaired) electrons. The van der Waals surface area contributed by atoms with Crippen molar-refractivity contribution in [1.29, 1.82) is 0 Å². The zero-order valence-corrected chi connectivity index (χ0v) is 16.0. The van der Waals surface area contributed by atoms with Gasteiger partial charge in [0.1, 0.15) is 0 Å². The molecule has 1 aliphatic rings. The number of hydrogen-bond acceptors (Lipinski definition) is 4. The summed E-state index contributed by atoms with van der Waals surface area (Å²) >= 11 is 1.01. The third-order valence-corrected chi connectivity index (χ3v) is 5.60. The predicted molar refractivity (Wildman–Crippen MR) is 97.4 cm³/mol. The van der Waals surface area contributed by atoms with Crippen LogP contribution in [0.2, 0.25) is 0 Å². The van der Waals surface area contributed by atoms with E-state index < -0.39 is 11.9 Å². The number of nitrogens with zero attached hydrogens (tertiary/aromatic N) is 2. The van der Waals surface area contributed by atoms with E-state index in [1.54, 1.807) is 0 Å². The minimum atomic E-state index is -4.39. The van der Waals surface area contributed by atoms with E-state index in [-0.39, 0.29) is 11.5 Å². The maximum Gasteiger partial charge on any atom is 0.434 e. The monoisotopic (exact) mass is 392 g/mol. The first-order valence-corrected chi connectivity index (χ1v) is 9.84. The molecule has 3 N–H and O–H groups in total. The van der Waals surface area contributed by atoms with E-state index in [1.807, 2.05) is 6.92 Å². The van der Waals surface area contributed by atoms with Crippen molar-refractivity contribution in [3.63, 3.8) is 0 Å². The fourth-order valence-electron chi connectivity index (χ4n) is 3.01. The molecule has 1 fully saturated rings. The second kappa shape index (κ2) is 9.03. The van der Waals surface area contributed by atoms with E-state index in [9.17, 15) is 18.3 Å². The maximum absolute atomic E-state index is 12.6. The third kappa shape index (κ3) is 5.84. The van der Waals surface area contributed by atoms with Gasteiger partial charge in [-0.05, 0) is 19.8 Å². The molecule has 26 heavy (non-hydrogen) atoms. The molecule has 1 aromatic rings. The van der Waals surface area contributed by atoms with Gasteiger partial charge in [0.2, 0.25) is 0 Å². The Kier molecular flexibility index (Phi) is 7.28. The first-order chi connectivity index (χ1) is 12.2. The Bertz CT molecular complexity index is 605. The molecule has 1 saturated carbocycles. The lowest BCUT2D eigenvalue weighted by Crippen LogP contribution is -2.42. The molecular weight excluding hydrogens is 365 g/mol. The Morgan fingerprint density at radius 3 is 2.81 bits per heavy atom. The molecule has 0 aliphatic heterocycles. The van der Waals surface area contributed by atoms with Crippen molar-refractivity contribution >= 4 is 17.3 Å². The first-order valence-electron chi connectivity index (χ1n) is 8.96. The van der Waals surface area contributed by atoms with Crippen molar-refractivity contribution in [2.75, 3.05) is 19.6 Å². The van der Waals surface area contributed by atoms with Gasteiger partial charge >= 0.3 is 6.18 Å². The van der Waals surface area contributed by atoms with Crippen LogP contribution in [0.4, 0.5) is 13.2 Å². The van der Waals surface area contributed by atoms with Gasteiger partial charge in [-0.15, -0.1) is 11.3 Å². The summed E-state index contributed by atoms with van der Waals surface area (Å²) in [4.78, 5) is 8.20. The number of aliphatic hydroxyl groups excluding tert-OH is 1. The third-order valence-electron chi connectivity index (χ3n) is 4.70. The second-order valence-electron chi connectivity index (χ2n) is 6.91. The van der Waals surface area contributed by atoms with E-state index in [1.165, 1.54) is 0 Å². The summed E-state index contributed by atoms with van der Waals surface area (Å²) in [5.74, 6) is 0.610. The maximum atomic E-state index is 12.6. The van der Waals surface area contributed by atoms with E-state index in [2.05, 4.69) is 27.5 Å². The lowest BCUT2D eigenvalue weighted by atomic mass is 9.73. The Morgan fingerprint density at radius 2 is 2.19 bits per heavy atom. The highest BCUT2D eigenvalue weighted by molar-refractivity contribution is 7.09. The quantitative estimate of drug-likeness (QED) is 0.514. The van der Waals surface area contributed by atoms with Crippen LogP contribution in [0.3, 0.4) is 0 Å². The Balaban J connectivity index is 1.88. The van der Waals surface area contributed by atoms with Gasteiger partial charge in [-0.25, -0.2) is 4.98 Å². The van der Waals surface area contributed by atoms with Gasteiger partial charge < -0.3 is 15.7 Å². The largest absolute Gasteiger partial charge is 0.434 e. The van der Waals surface area contributed by atoms with Gasteiger partial charge in [-0.3, -0.25) is 4.99 Å². The van der Waals surface area contributed by atoms with Crippen molar-refractivity contribution < 1.29 is 18.3 Å². The van der Waals surface area contributed by atoms with Crippen LogP contribution in [0.15, 0.2) is 10.4 Å². The zero-order valence-electron chi connectivity index (χ0n) is 15.2. The molecule has 5 nitrogen and oxygen atoms in total. The van der Waals surface area contributed by atoms with Gasteiger partial charge in [0.25, 0.3) is 0 Å². The van der Waals surface area contributed by atoms with Crippen molar-refractivity contribution in [1.82, 2.24) is 15.6 Å². The van der Waals surface area contributed by atoms with Gasteiger partial charge in [-0.2, -0.15) is 13.2 Å². The zero-order chi connectivity index (χ0) is 19.2. The summed E-state index contributed by atoms with van der Waals surface area (Å²) in [6, 6.07) is 0. The van der Waals surface area contributed by atoms with Crippen LogP contribution < -0.4 is 10.6 Å². The number of aromatic nitrogens is 1. The van der Waals surface area contributed by atoms with E-state index in [0.717, 1.165) is 42.4 Å². The highest BCUT2D eigenvalue weighted by Gasteiger charge is 2.35. The molecule has 1 aromatic heterocycles. The Labute approximate surface area is 156 Å². The summed E-state index contributed by atoms with van der Waals surface area (Å²) in [7, 11) is 0. The first kappa shape index (κ1) is 21.0. The Hall–Kier alpha value is -1.35. The smallest absolute Gasteiger partial charge is 0.392 e. The van der Waals surface area contributed by atoms with Crippen molar-refractivity contribution in [3.8, 4) is 0 Å². The number of aliphatic hydroxyl groups is 1. The van der Waals surface area contributed by atoms with Crippen LogP contribution in [0.5, 0.6) is 0 Å². The van der Waals surface area contributed by atoms with Crippen LogP contribution in [0, 0.1) is 5.41 Å². The molecule has 0 amide bonds. The molecule has 0 bridgehead atoms. The summed E-state index contributed by atoms with van der Waals surface area (Å²) in [6.07, 6.45) is -0.456. The lowest BCUT2D eigenvalue weighted by molar-refractivity contribution is -0.140. The molecule has 148 valence electrons. The fraction of sp³-hybridized carbons (Fsp3) is 0.765. The highest BCUT2D eigenvalue weighted by Crippen LogP contribution is 2.36. The molecule has 1 aliphatic carbocycles. The Morgan fingerprint density at radius 1 is 1.42 bits per heavy atom. The fourth-order valence-corrected chi connectivity index (χ4v) is 3.82. The molecule has 2 rings (SSSR count). The summed E-state index contributed by atoms with van der Waals surface area (Å²) in [5, 5.41) is 18.0. The molecule has 9 heteroatoms. The molecular formula is C17H27F3N4OS. The van der Waals surface area contributed by atoms with Crippen molar-refractivity contribution in [3.05, 3.63) is 16.1 Å². The molecule has 0 spiro atoms. The lowest BCUT2D eigenvalue weighted by Gasteiger charge is -2.37. The van der Waals surface area contributed by atoms with E-state index in [4.69, 9.17) is 0 Å². The number of halogens is 3. The number of nitrogens with one attached hydrogen (secondary N) is 2. The average Bonchev–Trinajstić information content (AvgIpc) is 3.05. The van der Waals surface area contributed by atoms with Crippen LogP contribution >= 0.6 is 11.3 Å². The van der Waals surface area contributed by atoms with Gasteiger partial charge in [0, 0.05) is 30.3 Å². The number of thiazole rings is 1. The summed E-state index contributed by atoms with van der Waals surface area (Å²) in [5.41, 5.74) is -1.06. The molecule has 0 aromatic carbocycles. The van der Waals surface area contributed by atoms with E-state index >= 15 is 0 Å². The number of aliphatic imine (C=N–C) groups is 1.